The number of hydrogen-bond donors (Lipinski definition) is 1. The van der Waals surface area contributed by atoms with E-state index in [2.05, 4.69) is 4.74 Å². The molecule has 0 fully saturated rings. The highest BCUT2D eigenvalue weighted by atomic mass is 16.6. The van der Waals surface area contributed by atoms with E-state index in [0.29, 0.717) is 5.56 Å². The molecule has 0 aliphatic carbocycles. The second-order valence-corrected chi connectivity index (χ2v) is 3.90. The summed E-state index contributed by atoms with van der Waals surface area (Å²) in [4.78, 5) is 31.8. The number of esters is 1. The fraction of sp³-hybridized carbons (Fsp3) is 0.231. The summed E-state index contributed by atoms with van der Waals surface area (Å²) in [6.07, 6.45) is 2.69. The Bertz CT molecular complexity index is 564. The predicted molar refractivity (Wildman–Crippen MR) is 70.1 cm³/mol. The van der Waals surface area contributed by atoms with Gasteiger partial charge < -0.3 is 9.84 Å². The van der Waals surface area contributed by atoms with Crippen LogP contribution in [0.2, 0.25) is 0 Å². The summed E-state index contributed by atoms with van der Waals surface area (Å²) in [7, 11) is 1.27. The number of rotatable bonds is 6. The van der Waals surface area contributed by atoms with E-state index in [-0.39, 0.29) is 17.7 Å². The largest absolute Gasteiger partial charge is 0.481 e. The minimum absolute atomic E-state index is 0.0567. The molecule has 0 atom stereocenters. The number of benzene rings is 1. The molecule has 1 N–H and O–H groups in total. The van der Waals surface area contributed by atoms with Crippen molar-refractivity contribution in [3.63, 3.8) is 0 Å². The molecule has 20 heavy (non-hydrogen) atoms. The van der Waals surface area contributed by atoms with Crippen molar-refractivity contribution in [1.29, 1.82) is 0 Å². The van der Waals surface area contributed by atoms with Gasteiger partial charge in [-0.3, -0.25) is 19.7 Å². The van der Waals surface area contributed by atoms with Crippen molar-refractivity contribution in [2.75, 3.05) is 7.11 Å². The summed E-state index contributed by atoms with van der Waals surface area (Å²) in [6.45, 7) is 0. The molecule has 0 saturated carbocycles. The van der Waals surface area contributed by atoms with E-state index in [1.165, 1.54) is 31.4 Å². The first-order valence-electron chi connectivity index (χ1n) is 5.66. The van der Waals surface area contributed by atoms with Crippen molar-refractivity contribution in [3.8, 4) is 0 Å². The van der Waals surface area contributed by atoms with E-state index < -0.39 is 23.3 Å². The topological polar surface area (TPSA) is 107 Å². The van der Waals surface area contributed by atoms with E-state index in [0.717, 1.165) is 0 Å². The molecule has 1 aromatic carbocycles. The minimum Gasteiger partial charge on any atom is -0.481 e. The molecular weight excluding hydrogens is 266 g/mol. The van der Waals surface area contributed by atoms with E-state index in [1.54, 1.807) is 6.07 Å². The van der Waals surface area contributed by atoms with Crippen LogP contribution in [0.4, 0.5) is 5.69 Å². The lowest BCUT2D eigenvalue weighted by atomic mass is 10.1. The lowest BCUT2D eigenvalue weighted by Gasteiger charge is -2.01. The van der Waals surface area contributed by atoms with Crippen LogP contribution in [0.1, 0.15) is 17.5 Å². The van der Waals surface area contributed by atoms with Crippen LogP contribution in [0.5, 0.6) is 0 Å². The van der Waals surface area contributed by atoms with Crippen LogP contribution in [-0.4, -0.2) is 29.1 Å². The maximum absolute atomic E-state index is 10.9. The Labute approximate surface area is 114 Å². The Morgan fingerprint density at radius 2 is 2.15 bits per heavy atom. The SMILES string of the molecule is COC(=O)CC=Cc1ccc(CC(=O)O)c([N+](=O)[O-])c1. The summed E-state index contributed by atoms with van der Waals surface area (Å²) >= 11 is 0. The average molecular weight is 279 g/mol. The third kappa shape index (κ3) is 4.52. The number of carbonyl (C=O) groups excluding carboxylic acids is 1. The monoisotopic (exact) mass is 279 g/mol. The van der Waals surface area contributed by atoms with Gasteiger partial charge in [0.2, 0.25) is 0 Å². The molecule has 0 spiro atoms. The molecule has 106 valence electrons. The van der Waals surface area contributed by atoms with Gasteiger partial charge in [0.15, 0.2) is 0 Å². The fourth-order valence-corrected chi connectivity index (χ4v) is 1.54. The van der Waals surface area contributed by atoms with Gasteiger partial charge in [0.05, 0.1) is 24.9 Å². The Morgan fingerprint density at radius 3 is 2.70 bits per heavy atom. The van der Waals surface area contributed by atoms with Crippen molar-refractivity contribution in [3.05, 3.63) is 45.5 Å². The number of methoxy groups -OCH3 is 1. The fourth-order valence-electron chi connectivity index (χ4n) is 1.54. The molecule has 7 nitrogen and oxygen atoms in total. The van der Waals surface area contributed by atoms with Crippen LogP contribution in [0.15, 0.2) is 24.3 Å². The Hall–Kier alpha value is -2.70. The van der Waals surface area contributed by atoms with Crippen molar-refractivity contribution in [2.24, 2.45) is 0 Å². The Kier molecular flexibility index (Phi) is 5.40. The molecule has 0 amide bonds. The highest BCUT2D eigenvalue weighted by molar-refractivity contribution is 5.74. The van der Waals surface area contributed by atoms with Crippen LogP contribution < -0.4 is 0 Å². The Balaban J connectivity index is 2.95. The third-order valence-electron chi connectivity index (χ3n) is 2.47. The first kappa shape index (κ1) is 15.4. The lowest BCUT2D eigenvalue weighted by Crippen LogP contribution is -2.03. The Morgan fingerprint density at radius 1 is 1.45 bits per heavy atom. The molecule has 0 aliphatic heterocycles. The molecule has 1 rings (SSSR count). The number of hydrogen-bond acceptors (Lipinski definition) is 5. The van der Waals surface area contributed by atoms with Gasteiger partial charge in [-0.25, -0.2) is 0 Å². The quantitative estimate of drug-likeness (QED) is 0.483. The highest BCUT2D eigenvalue weighted by Gasteiger charge is 2.16. The van der Waals surface area contributed by atoms with Gasteiger partial charge in [-0.2, -0.15) is 0 Å². The van der Waals surface area contributed by atoms with Crippen LogP contribution in [0, 0.1) is 10.1 Å². The van der Waals surface area contributed by atoms with Crippen molar-refractivity contribution < 1.29 is 24.4 Å². The zero-order valence-electron chi connectivity index (χ0n) is 10.7. The number of ether oxygens (including phenoxy) is 1. The van der Waals surface area contributed by atoms with Gasteiger partial charge in [0, 0.05) is 11.6 Å². The van der Waals surface area contributed by atoms with Gasteiger partial charge in [-0.1, -0.05) is 24.3 Å². The van der Waals surface area contributed by atoms with Crippen molar-refractivity contribution >= 4 is 23.7 Å². The maximum atomic E-state index is 10.9. The van der Waals surface area contributed by atoms with E-state index >= 15 is 0 Å². The molecule has 0 aromatic heterocycles. The summed E-state index contributed by atoms with van der Waals surface area (Å²) in [6, 6.07) is 4.22. The summed E-state index contributed by atoms with van der Waals surface area (Å²) in [5.41, 5.74) is 0.384. The molecule has 0 bridgehead atoms. The predicted octanol–water partition coefficient (Wildman–Crippen LogP) is 1.80. The molecule has 7 heteroatoms. The molecule has 0 heterocycles. The van der Waals surface area contributed by atoms with E-state index in [4.69, 9.17) is 5.11 Å². The summed E-state index contributed by atoms with van der Waals surface area (Å²) in [5, 5.41) is 19.6. The normalized spacial score (nSPS) is 10.4. The number of aliphatic carboxylic acids is 1. The molecular formula is C13H13NO6. The number of nitro groups is 1. The summed E-state index contributed by atoms with van der Waals surface area (Å²) < 4.78 is 4.45. The van der Waals surface area contributed by atoms with E-state index in [9.17, 15) is 19.7 Å². The van der Waals surface area contributed by atoms with Crippen LogP contribution in [0.25, 0.3) is 6.08 Å². The zero-order valence-corrected chi connectivity index (χ0v) is 10.7. The first-order chi connectivity index (χ1) is 9.43. The van der Waals surface area contributed by atoms with Crippen LogP contribution >= 0.6 is 0 Å². The number of nitro benzene ring substituents is 1. The smallest absolute Gasteiger partial charge is 0.309 e. The average Bonchev–Trinajstić information content (AvgIpc) is 2.39. The zero-order chi connectivity index (χ0) is 15.1. The molecule has 0 unspecified atom stereocenters. The van der Waals surface area contributed by atoms with Gasteiger partial charge in [0.25, 0.3) is 5.69 Å². The number of nitrogens with zero attached hydrogens (tertiary/aromatic N) is 1. The molecule has 1 aromatic rings. The lowest BCUT2D eigenvalue weighted by molar-refractivity contribution is -0.385. The summed E-state index contributed by atoms with van der Waals surface area (Å²) in [5.74, 6) is -1.56. The van der Waals surface area contributed by atoms with Gasteiger partial charge in [-0.05, 0) is 5.56 Å². The molecule has 0 radical (unpaired) electrons. The van der Waals surface area contributed by atoms with Crippen molar-refractivity contribution in [1.82, 2.24) is 0 Å². The standard InChI is InChI=1S/C13H13NO6/c1-20-13(17)4-2-3-9-5-6-10(8-12(15)16)11(7-9)14(18)19/h2-3,5-7H,4,8H2,1H3,(H,15,16). The third-order valence-corrected chi connectivity index (χ3v) is 2.47. The van der Waals surface area contributed by atoms with Crippen molar-refractivity contribution in [2.45, 2.75) is 12.8 Å². The van der Waals surface area contributed by atoms with Crippen LogP contribution in [-0.2, 0) is 20.7 Å². The highest BCUT2D eigenvalue weighted by Crippen LogP contribution is 2.21. The minimum atomic E-state index is -1.14. The first-order valence-corrected chi connectivity index (χ1v) is 5.66. The molecule has 0 aliphatic rings. The van der Waals surface area contributed by atoms with E-state index in [1.807, 2.05) is 0 Å². The number of carboxylic acid groups (broad SMARTS) is 1. The van der Waals surface area contributed by atoms with Gasteiger partial charge >= 0.3 is 11.9 Å². The number of carbonyl (C=O) groups is 2. The number of carboxylic acids is 1. The van der Waals surface area contributed by atoms with Crippen LogP contribution in [0.3, 0.4) is 0 Å². The van der Waals surface area contributed by atoms with Gasteiger partial charge in [-0.15, -0.1) is 0 Å². The van der Waals surface area contributed by atoms with Gasteiger partial charge in [0.1, 0.15) is 0 Å². The second kappa shape index (κ2) is 7.03. The molecule has 0 saturated heterocycles. The maximum Gasteiger partial charge on any atom is 0.309 e. The second-order valence-electron chi connectivity index (χ2n) is 3.90.